The molecule has 0 fully saturated rings. The Morgan fingerprint density at radius 1 is 0.974 bits per heavy atom. The van der Waals surface area contributed by atoms with Gasteiger partial charge in [-0.15, -0.1) is 29.5 Å². The van der Waals surface area contributed by atoms with Crippen LogP contribution in [0.3, 0.4) is 0 Å². The number of hydrogen-bond acceptors (Lipinski definition) is 6. The zero-order valence-corrected chi connectivity index (χ0v) is 25.5. The normalized spacial score (nSPS) is 11.4. The largest absolute Gasteiger partial charge is 0.512 e. The summed E-state index contributed by atoms with van der Waals surface area (Å²) in [7, 11) is 0. The first-order chi connectivity index (χ1) is 18.2. The fourth-order valence-corrected chi connectivity index (χ4v) is 5.79. The molecule has 0 aliphatic heterocycles. The van der Waals surface area contributed by atoms with E-state index in [4.69, 9.17) is 14.5 Å². The number of furan rings is 1. The van der Waals surface area contributed by atoms with Gasteiger partial charge in [0.1, 0.15) is 4.83 Å². The number of carbonyl (C=O) groups excluding carboxylic acids is 1. The van der Waals surface area contributed by atoms with Crippen LogP contribution in [0.2, 0.25) is 0 Å². The Hall–Kier alpha value is -3.64. The molecule has 0 saturated heterocycles. The van der Waals surface area contributed by atoms with Gasteiger partial charge in [-0.2, -0.15) is 0 Å². The molecule has 0 unspecified atom stereocenters. The van der Waals surface area contributed by atoms with Gasteiger partial charge in [-0.25, -0.2) is 4.98 Å². The van der Waals surface area contributed by atoms with Crippen molar-refractivity contribution in [2.75, 3.05) is 0 Å². The standard InChI is InChI=1S/C27H19N2OS.C5H8O2.Ir/c1-15-6-4-7-16(2)24(15)23-14-18-11-13-22(29-27(18)31-23)21-9-5-8-19-20-12-10-17(3)28-26(20)30-25(19)21;1-4(6)3-5(2)7;/h4-8,10-14H,1-3H3;3,6H,1-2H3;/q-1;;/b;4-3-;. The maximum absolute atomic E-state index is 10.0. The molecule has 5 nitrogen and oxygen atoms in total. The molecule has 0 spiro atoms. The van der Waals surface area contributed by atoms with Crippen molar-refractivity contribution in [3.8, 4) is 21.7 Å². The van der Waals surface area contributed by atoms with Crippen molar-refractivity contribution in [3.63, 3.8) is 0 Å². The number of benzene rings is 2. The van der Waals surface area contributed by atoms with Gasteiger partial charge in [-0.1, -0.05) is 41.3 Å². The second-order valence-corrected chi connectivity index (χ2v) is 10.4. The molecule has 0 aliphatic carbocycles. The second kappa shape index (κ2) is 11.6. The van der Waals surface area contributed by atoms with Crippen molar-refractivity contribution in [2.45, 2.75) is 34.6 Å². The Balaban J connectivity index is 0.000000394. The molecule has 6 rings (SSSR count). The summed E-state index contributed by atoms with van der Waals surface area (Å²) in [6.45, 7) is 9.15. The van der Waals surface area contributed by atoms with Crippen molar-refractivity contribution in [3.05, 3.63) is 95.4 Å². The minimum Gasteiger partial charge on any atom is -0.512 e. The number of aromatic nitrogens is 2. The van der Waals surface area contributed by atoms with Gasteiger partial charge in [0.2, 0.25) is 5.71 Å². The number of allylic oxidation sites excluding steroid dienone is 2. The summed E-state index contributed by atoms with van der Waals surface area (Å²) < 4.78 is 6.16. The van der Waals surface area contributed by atoms with Crippen LogP contribution in [-0.4, -0.2) is 20.9 Å². The number of hydrogen-bond donors (Lipinski definition) is 1. The Morgan fingerprint density at radius 2 is 1.72 bits per heavy atom. The smallest absolute Gasteiger partial charge is 0.216 e. The number of thiophene rings is 1. The molecule has 1 N–H and O–H groups in total. The maximum Gasteiger partial charge on any atom is 0.216 e. The Kier molecular flexibility index (Phi) is 8.45. The molecular weight excluding hydrogens is 685 g/mol. The molecule has 0 saturated carbocycles. The molecule has 4 aromatic heterocycles. The molecular formula is C32H27IrN2O3S-. The zero-order valence-electron chi connectivity index (χ0n) is 22.3. The molecule has 39 heavy (non-hydrogen) atoms. The molecule has 0 amide bonds. The zero-order chi connectivity index (χ0) is 27.0. The van der Waals surface area contributed by atoms with Gasteiger partial charge in [0.15, 0.2) is 5.78 Å². The Labute approximate surface area is 244 Å². The fourth-order valence-electron chi connectivity index (χ4n) is 4.58. The monoisotopic (exact) mass is 712 g/mol. The number of aryl methyl sites for hydroxylation is 3. The van der Waals surface area contributed by atoms with E-state index in [9.17, 15) is 4.79 Å². The average molecular weight is 712 g/mol. The quantitative estimate of drug-likeness (QED) is 0.113. The predicted molar refractivity (Wildman–Crippen MR) is 156 cm³/mol. The molecule has 6 aromatic rings. The fraction of sp³-hybridized carbons (Fsp3) is 0.156. The molecule has 2 aromatic carbocycles. The van der Waals surface area contributed by atoms with E-state index < -0.39 is 0 Å². The Bertz CT molecular complexity index is 1840. The van der Waals surface area contributed by atoms with Gasteiger partial charge < -0.3 is 9.52 Å². The van der Waals surface area contributed by atoms with E-state index in [2.05, 4.69) is 67.4 Å². The molecule has 199 valence electrons. The van der Waals surface area contributed by atoms with Crippen LogP contribution >= 0.6 is 11.3 Å². The van der Waals surface area contributed by atoms with E-state index in [1.54, 1.807) is 11.3 Å². The summed E-state index contributed by atoms with van der Waals surface area (Å²) in [5.74, 6) is -0.0625. The molecule has 0 atom stereocenters. The SMILES string of the molecule is CC(=O)/C=C(/C)O.Cc1ccc2c(n1)oc1c(-c3ccc4cc(-c5c(C)cccc5C)sc4n3)[c-]ccc12.[Ir]. The van der Waals surface area contributed by atoms with Crippen LogP contribution in [0.1, 0.15) is 30.7 Å². The van der Waals surface area contributed by atoms with E-state index >= 15 is 0 Å². The number of rotatable bonds is 3. The number of carbonyl (C=O) groups is 1. The first kappa shape index (κ1) is 28.4. The third-order valence-electron chi connectivity index (χ3n) is 6.22. The van der Waals surface area contributed by atoms with E-state index in [-0.39, 0.29) is 31.6 Å². The number of pyridine rings is 2. The summed E-state index contributed by atoms with van der Waals surface area (Å²) in [4.78, 5) is 21.8. The summed E-state index contributed by atoms with van der Waals surface area (Å²) in [5, 5.41) is 11.6. The van der Waals surface area contributed by atoms with Gasteiger partial charge in [0, 0.05) is 47.5 Å². The van der Waals surface area contributed by atoms with Crippen LogP contribution < -0.4 is 0 Å². The molecule has 0 aliphatic rings. The van der Waals surface area contributed by atoms with Crippen LogP contribution in [0.25, 0.3) is 54.0 Å². The minimum atomic E-state index is -0.125. The molecule has 4 heterocycles. The van der Waals surface area contributed by atoms with E-state index in [1.807, 2.05) is 25.1 Å². The number of aliphatic hydroxyl groups is 1. The van der Waals surface area contributed by atoms with Crippen molar-refractivity contribution < 1.29 is 34.4 Å². The van der Waals surface area contributed by atoms with E-state index in [0.717, 1.165) is 43.5 Å². The topological polar surface area (TPSA) is 76.2 Å². The number of ketones is 1. The third kappa shape index (κ3) is 5.86. The van der Waals surface area contributed by atoms with Crippen molar-refractivity contribution in [2.24, 2.45) is 0 Å². The molecule has 1 radical (unpaired) electrons. The van der Waals surface area contributed by atoms with E-state index in [0.29, 0.717) is 5.71 Å². The molecule has 7 heteroatoms. The van der Waals surface area contributed by atoms with Gasteiger partial charge in [-0.3, -0.25) is 9.78 Å². The van der Waals surface area contributed by atoms with Gasteiger partial charge >= 0.3 is 0 Å². The third-order valence-corrected chi connectivity index (χ3v) is 7.28. The van der Waals surface area contributed by atoms with Crippen molar-refractivity contribution >= 4 is 49.4 Å². The summed E-state index contributed by atoms with van der Waals surface area (Å²) in [6, 6.07) is 24.3. The van der Waals surface area contributed by atoms with Gasteiger partial charge in [0.25, 0.3) is 0 Å². The molecule has 0 bridgehead atoms. The van der Waals surface area contributed by atoms with Gasteiger partial charge in [0.05, 0.1) is 11.3 Å². The summed E-state index contributed by atoms with van der Waals surface area (Å²) in [5.41, 5.74) is 8.00. The summed E-state index contributed by atoms with van der Waals surface area (Å²) in [6.07, 6.45) is 1.17. The number of fused-ring (bicyclic) bond motifs is 4. The van der Waals surface area contributed by atoms with E-state index in [1.165, 1.54) is 41.5 Å². The average Bonchev–Trinajstić information content (AvgIpc) is 3.43. The Morgan fingerprint density at radius 3 is 2.38 bits per heavy atom. The van der Waals surface area contributed by atoms with Crippen molar-refractivity contribution in [1.82, 2.24) is 9.97 Å². The first-order valence-electron chi connectivity index (χ1n) is 12.3. The predicted octanol–water partition coefficient (Wildman–Crippen LogP) is 8.68. The van der Waals surface area contributed by atoms with Crippen LogP contribution in [-0.2, 0) is 24.9 Å². The van der Waals surface area contributed by atoms with Crippen molar-refractivity contribution in [1.29, 1.82) is 0 Å². The van der Waals surface area contributed by atoms with Crippen LogP contribution in [0.5, 0.6) is 0 Å². The minimum absolute atomic E-state index is 0. The maximum atomic E-state index is 10.0. The number of aliphatic hydroxyl groups excluding tert-OH is 1. The summed E-state index contributed by atoms with van der Waals surface area (Å²) >= 11 is 1.73. The van der Waals surface area contributed by atoms with Crippen LogP contribution in [0, 0.1) is 26.8 Å². The van der Waals surface area contributed by atoms with Crippen LogP contribution in [0.15, 0.2) is 76.9 Å². The van der Waals surface area contributed by atoms with Gasteiger partial charge in [-0.05, 0) is 75.2 Å². The first-order valence-corrected chi connectivity index (χ1v) is 13.1. The van der Waals surface area contributed by atoms with Crippen LogP contribution in [0.4, 0.5) is 0 Å². The second-order valence-electron chi connectivity index (χ2n) is 9.37. The number of nitrogens with zero attached hydrogens (tertiary/aromatic N) is 2.